The van der Waals surface area contributed by atoms with Crippen LogP contribution in [0.4, 0.5) is 0 Å². The molecule has 0 saturated carbocycles. The van der Waals surface area contributed by atoms with E-state index < -0.39 is 245 Å². The van der Waals surface area contributed by atoms with Gasteiger partial charge in [0.1, 0.15) is 66.5 Å². The van der Waals surface area contributed by atoms with E-state index in [2.05, 4.69) is 42.5 Å². The maximum absolute atomic E-state index is 13.7. The molecule has 14 amide bonds. The molecule has 0 aliphatic carbocycles. The van der Waals surface area contributed by atoms with E-state index in [-0.39, 0.29) is 19.4 Å². The summed E-state index contributed by atoms with van der Waals surface area (Å²) in [6.07, 6.45) is -5.97. The van der Waals surface area contributed by atoms with E-state index >= 15 is 0 Å². The van der Waals surface area contributed by atoms with Crippen molar-refractivity contribution in [2.24, 2.45) is 28.9 Å². The van der Waals surface area contributed by atoms with Crippen LogP contribution in [0, 0.1) is 5.92 Å². The maximum atomic E-state index is 13.7. The molecule has 38 heteroatoms. The van der Waals surface area contributed by atoms with Gasteiger partial charge in [-0.1, -0.05) is 13.8 Å². The Morgan fingerprint density at radius 3 is 1.30 bits per heavy atom. The summed E-state index contributed by atoms with van der Waals surface area (Å²) in [4.78, 5) is 206. The Bertz CT molecular complexity index is 2430. The molecule has 0 unspecified atom stereocenters. The number of hydrogen-bond acceptors (Lipinski definition) is 22. The standard InChI is InChI=1S/C46H75N15O23/c1-18(2)34(59-39(76)23(12-33(71)72)54-38(75)22(11-31(50)69)53-36(73)20(6-8-29(48)67)51-32(70)13-47)43(80)55-24(14-62)40(77)52-21(7-9-30(49)68)37(74)60-35(19(3)66)44(81)56-25(15-63)41(78)57-26(16-64)45(82)61-10-4-5-28(61)42(79)58-27(17-65)46(83)84/h18-28,34-35,62-66H,4-17,47H2,1-3H3,(H2,48,67)(H2,49,68)(H2,50,69)(H,51,70)(H,52,77)(H,53,73)(H,54,75)(H,55,80)(H,56,81)(H,57,78)(H,58,79)(H,59,76)(H,60,74)(H,71,72)(H,83,84)/t19-,20+,21+,22+,23+,24+,25+,26+,27+,28+,34+,35+/m1/s1. The molecule has 0 aromatic heterocycles. The highest BCUT2D eigenvalue weighted by molar-refractivity contribution is 6.01. The zero-order valence-corrected chi connectivity index (χ0v) is 45.8. The lowest BCUT2D eigenvalue weighted by atomic mass is 10.0. The van der Waals surface area contributed by atoms with E-state index in [1.165, 1.54) is 13.8 Å². The number of nitrogens with two attached hydrogens (primary N) is 4. The summed E-state index contributed by atoms with van der Waals surface area (Å²) in [6.45, 7) is -1.61. The van der Waals surface area contributed by atoms with Crippen molar-refractivity contribution >= 4 is 94.6 Å². The summed E-state index contributed by atoms with van der Waals surface area (Å²) >= 11 is 0. The van der Waals surface area contributed by atoms with Gasteiger partial charge in [-0.05, 0) is 38.5 Å². The van der Waals surface area contributed by atoms with Crippen LogP contribution in [-0.2, 0) is 76.7 Å². The van der Waals surface area contributed by atoms with E-state index in [1.54, 1.807) is 0 Å². The third-order valence-electron chi connectivity index (χ3n) is 12.3. The SMILES string of the molecule is CC(C)[C@H](NC(=O)[C@H](CC(=O)O)NC(=O)[C@H](CC(N)=O)NC(=O)[C@H](CCC(N)=O)NC(=O)CN)C(=O)N[C@@H](CO)C(=O)N[C@@H](CCC(N)=O)C(=O)N[C@H](C(=O)N[C@@H](CO)C(=O)N[C@@H](CO)C(=O)N1CCC[C@H]1C(=O)N[C@@H](CO)C(=O)O)[C@@H](C)O. The van der Waals surface area contributed by atoms with Crippen molar-refractivity contribution in [3.8, 4) is 0 Å². The number of carbonyl (C=O) groups excluding carboxylic acids is 14. The normalized spacial score (nSPS) is 16.7. The number of nitrogens with one attached hydrogen (secondary N) is 10. The van der Waals surface area contributed by atoms with Gasteiger partial charge in [0.15, 0.2) is 0 Å². The Kier molecular flexibility index (Phi) is 31.4. The van der Waals surface area contributed by atoms with Crippen molar-refractivity contribution in [1.29, 1.82) is 0 Å². The quantitative estimate of drug-likeness (QED) is 0.0273. The van der Waals surface area contributed by atoms with Crippen LogP contribution in [0.3, 0.4) is 0 Å². The van der Waals surface area contributed by atoms with Crippen LogP contribution in [0.2, 0.25) is 0 Å². The Hall–Kier alpha value is -8.72. The molecule has 0 spiro atoms. The highest BCUT2D eigenvalue weighted by atomic mass is 16.4. The summed E-state index contributed by atoms with van der Waals surface area (Å²) < 4.78 is 0. The van der Waals surface area contributed by atoms with Crippen molar-refractivity contribution in [3.05, 3.63) is 0 Å². The molecule has 472 valence electrons. The average molecular weight is 1210 g/mol. The first-order valence-corrected chi connectivity index (χ1v) is 25.7. The number of nitrogens with zero attached hydrogens (tertiary/aromatic N) is 1. The molecule has 0 bridgehead atoms. The van der Waals surface area contributed by atoms with Crippen LogP contribution in [0.25, 0.3) is 0 Å². The second-order valence-electron chi connectivity index (χ2n) is 19.2. The predicted molar refractivity (Wildman–Crippen MR) is 279 cm³/mol. The first-order valence-electron chi connectivity index (χ1n) is 25.7. The number of primary amides is 3. The lowest BCUT2D eigenvalue weighted by Crippen LogP contribution is -2.63. The fourth-order valence-electron chi connectivity index (χ4n) is 7.75. The molecule has 1 saturated heterocycles. The molecule has 84 heavy (non-hydrogen) atoms. The number of rotatable bonds is 38. The fourth-order valence-corrected chi connectivity index (χ4v) is 7.75. The van der Waals surface area contributed by atoms with Crippen molar-refractivity contribution in [2.75, 3.05) is 39.5 Å². The second-order valence-corrected chi connectivity index (χ2v) is 19.2. The number of carboxylic acid groups (broad SMARTS) is 2. The molecule has 1 rings (SSSR count). The van der Waals surface area contributed by atoms with Gasteiger partial charge in [0, 0.05) is 19.4 Å². The lowest BCUT2D eigenvalue weighted by Gasteiger charge is -2.30. The summed E-state index contributed by atoms with van der Waals surface area (Å²) in [6, 6.07) is -20.2. The highest BCUT2D eigenvalue weighted by Crippen LogP contribution is 2.19. The van der Waals surface area contributed by atoms with Gasteiger partial charge in [-0.3, -0.25) is 71.9 Å². The van der Waals surface area contributed by atoms with Gasteiger partial charge in [-0.25, -0.2) is 4.79 Å². The number of aliphatic hydroxyl groups excluding tert-OH is 5. The molecule has 0 radical (unpaired) electrons. The first kappa shape index (κ1) is 73.3. The fraction of sp³-hybridized carbons (Fsp3) is 0.652. The maximum Gasteiger partial charge on any atom is 0.328 e. The highest BCUT2D eigenvalue weighted by Gasteiger charge is 2.41. The third kappa shape index (κ3) is 24.4. The van der Waals surface area contributed by atoms with Crippen molar-refractivity contribution < 1.29 is 112 Å². The predicted octanol–water partition coefficient (Wildman–Crippen LogP) is -13.2. The summed E-state index contributed by atoms with van der Waals surface area (Å²) in [5.74, 6) is -20.9. The number of hydrogen-bond donors (Lipinski definition) is 21. The number of aliphatic carboxylic acids is 2. The van der Waals surface area contributed by atoms with Crippen molar-refractivity contribution in [1.82, 2.24) is 58.1 Å². The lowest BCUT2D eigenvalue weighted by molar-refractivity contribution is -0.146. The molecular weight excluding hydrogens is 1130 g/mol. The van der Waals surface area contributed by atoms with E-state index in [4.69, 9.17) is 22.9 Å². The largest absolute Gasteiger partial charge is 0.481 e. The molecule has 1 aliphatic heterocycles. The second kappa shape index (κ2) is 36.0. The van der Waals surface area contributed by atoms with Crippen molar-refractivity contribution in [2.45, 2.75) is 145 Å². The van der Waals surface area contributed by atoms with Crippen LogP contribution >= 0.6 is 0 Å². The van der Waals surface area contributed by atoms with Gasteiger partial charge in [0.2, 0.25) is 82.7 Å². The Balaban J connectivity index is 3.32. The number of amides is 14. The van der Waals surface area contributed by atoms with Gasteiger partial charge in [-0.2, -0.15) is 0 Å². The van der Waals surface area contributed by atoms with E-state index in [0.717, 1.165) is 11.8 Å². The molecule has 0 aromatic rings. The van der Waals surface area contributed by atoms with Gasteiger partial charge in [0.25, 0.3) is 0 Å². The molecule has 12 atom stereocenters. The number of aliphatic hydroxyl groups is 5. The van der Waals surface area contributed by atoms with Crippen LogP contribution in [-0.4, -0.2) is 247 Å². The Morgan fingerprint density at radius 1 is 0.476 bits per heavy atom. The van der Waals surface area contributed by atoms with Crippen LogP contribution in [0.15, 0.2) is 0 Å². The molecule has 38 nitrogen and oxygen atoms in total. The molecular formula is C46H75N15O23. The average Bonchev–Trinajstić information content (AvgIpc) is 4.08. The number of carboxylic acids is 2. The number of likely N-dealkylation sites (tertiary alicyclic amines) is 1. The molecule has 25 N–H and O–H groups in total. The summed E-state index contributed by atoms with van der Waals surface area (Å²) in [5.41, 5.74) is 20.9. The monoisotopic (exact) mass is 1210 g/mol. The molecule has 1 fully saturated rings. The van der Waals surface area contributed by atoms with Crippen LogP contribution in [0.5, 0.6) is 0 Å². The van der Waals surface area contributed by atoms with Crippen LogP contribution < -0.4 is 76.1 Å². The third-order valence-corrected chi connectivity index (χ3v) is 12.3. The first-order chi connectivity index (χ1) is 39.3. The van der Waals surface area contributed by atoms with Crippen LogP contribution in [0.1, 0.15) is 72.1 Å². The minimum atomic E-state index is -2.09. The zero-order chi connectivity index (χ0) is 64.3. The van der Waals surface area contributed by atoms with Gasteiger partial charge in [0.05, 0.1) is 51.9 Å². The minimum absolute atomic E-state index is 0.0191. The summed E-state index contributed by atoms with van der Waals surface area (Å²) in [5, 5.41) is 90.0. The Morgan fingerprint density at radius 2 is 0.869 bits per heavy atom. The molecule has 1 heterocycles. The minimum Gasteiger partial charge on any atom is -0.481 e. The van der Waals surface area contributed by atoms with Crippen molar-refractivity contribution in [3.63, 3.8) is 0 Å². The topological polar surface area (TPSA) is 642 Å². The molecule has 1 aliphatic rings. The van der Waals surface area contributed by atoms with Gasteiger partial charge in [-0.15, -0.1) is 0 Å². The summed E-state index contributed by atoms with van der Waals surface area (Å²) in [7, 11) is 0. The van der Waals surface area contributed by atoms with E-state index in [0.29, 0.717) is 0 Å². The Labute approximate surface area is 477 Å². The van der Waals surface area contributed by atoms with E-state index in [1.807, 2.05) is 10.6 Å². The van der Waals surface area contributed by atoms with Gasteiger partial charge < -0.3 is 117 Å². The zero-order valence-electron chi connectivity index (χ0n) is 45.8. The molecule has 0 aromatic carbocycles. The van der Waals surface area contributed by atoms with Gasteiger partial charge >= 0.3 is 11.9 Å². The van der Waals surface area contributed by atoms with E-state index in [9.17, 15) is 112 Å². The smallest absolute Gasteiger partial charge is 0.328 e. The number of carbonyl (C=O) groups is 16.